The summed E-state index contributed by atoms with van der Waals surface area (Å²) in [4.78, 5) is 0. The third kappa shape index (κ3) is 4.32. The van der Waals surface area contributed by atoms with Crippen LogP contribution in [-0.4, -0.2) is 27.7 Å². The molecule has 1 aromatic rings. The van der Waals surface area contributed by atoms with Crippen LogP contribution in [0.4, 0.5) is 0 Å². The molecule has 0 fully saturated rings. The van der Waals surface area contributed by atoms with Crippen LogP contribution in [0, 0.1) is 0 Å². The van der Waals surface area contributed by atoms with Crippen LogP contribution in [0.25, 0.3) is 0 Å². The Kier molecular flexibility index (Phi) is 4.09. The van der Waals surface area contributed by atoms with Gasteiger partial charge in [-0.3, -0.25) is 0 Å². The number of sulfone groups is 2. The lowest BCUT2D eigenvalue weighted by Gasteiger charge is -2.04. The number of hydrogen-bond acceptors (Lipinski definition) is 4. The first-order chi connectivity index (χ1) is 7.35. The summed E-state index contributed by atoms with van der Waals surface area (Å²) in [6, 6.07) is 8.55. The van der Waals surface area contributed by atoms with E-state index in [1.807, 2.05) is 0 Å². The quantitative estimate of drug-likeness (QED) is 0.793. The molecule has 0 bridgehead atoms. The van der Waals surface area contributed by atoms with E-state index in [4.69, 9.17) is 0 Å². The largest absolute Gasteiger partial charge is 0.228 e. The maximum atomic E-state index is 11.6. The molecule has 0 unspecified atom stereocenters. The van der Waals surface area contributed by atoms with E-state index in [-0.39, 0.29) is 11.5 Å². The fourth-order valence-corrected chi connectivity index (χ4v) is 5.12. The first kappa shape index (κ1) is 13.2. The Morgan fingerprint density at radius 1 is 0.938 bits per heavy atom. The zero-order valence-corrected chi connectivity index (χ0v) is 10.6. The molecular weight excluding hydrogens is 248 g/mol. The first-order valence-corrected chi connectivity index (χ1v) is 8.44. The number of hydrogen-bond donors (Lipinski definition) is 0. The molecule has 0 aliphatic heterocycles. The minimum atomic E-state index is -3.59. The summed E-state index contributed by atoms with van der Waals surface area (Å²) in [6.07, 6.45) is 0. The van der Waals surface area contributed by atoms with Gasteiger partial charge in [-0.15, -0.1) is 0 Å². The smallest absolute Gasteiger partial charge is 0.168 e. The Hall–Kier alpha value is -0.880. The summed E-state index contributed by atoms with van der Waals surface area (Å²) in [5.41, 5.74) is 0.605. The second-order valence-electron chi connectivity index (χ2n) is 3.52. The SMILES string of the molecule is CCS(=O)(=O)CS(=O)(=O)Cc1ccccc1. The predicted octanol–water partition coefficient (Wildman–Crippen LogP) is 0.994. The molecule has 0 N–H and O–H groups in total. The maximum absolute atomic E-state index is 11.6. The molecule has 0 saturated carbocycles. The highest BCUT2D eigenvalue weighted by molar-refractivity contribution is 8.07. The van der Waals surface area contributed by atoms with Crippen molar-refractivity contribution in [2.24, 2.45) is 0 Å². The van der Waals surface area contributed by atoms with E-state index in [0.717, 1.165) is 0 Å². The molecule has 16 heavy (non-hydrogen) atoms. The van der Waals surface area contributed by atoms with Gasteiger partial charge in [-0.05, 0) is 5.56 Å². The van der Waals surface area contributed by atoms with Crippen LogP contribution in [0.2, 0.25) is 0 Å². The van der Waals surface area contributed by atoms with Crippen molar-refractivity contribution in [1.29, 1.82) is 0 Å². The van der Waals surface area contributed by atoms with E-state index in [1.165, 1.54) is 6.92 Å². The number of benzene rings is 1. The van der Waals surface area contributed by atoms with Crippen molar-refractivity contribution in [2.45, 2.75) is 12.7 Å². The van der Waals surface area contributed by atoms with E-state index in [2.05, 4.69) is 0 Å². The van der Waals surface area contributed by atoms with Crippen LogP contribution in [0.15, 0.2) is 30.3 Å². The Morgan fingerprint density at radius 2 is 1.50 bits per heavy atom. The van der Waals surface area contributed by atoms with Gasteiger partial charge in [-0.25, -0.2) is 16.8 Å². The fraction of sp³-hybridized carbons (Fsp3) is 0.400. The van der Waals surface area contributed by atoms with Crippen LogP contribution in [-0.2, 0) is 25.4 Å². The van der Waals surface area contributed by atoms with E-state index < -0.39 is 24.8 Å². The van der Waals surface area contributed by atoms with Gasteiger partial charge < -0.3 is 0 Å². The minimum absolute atomic E-state index is 0.152. The summed E-state index contributed by atoms with van der Waals surface area (Å²) in [5, 5.41) is -0.772. The topological polar surface area (TPSA) is 68.3 Å². The monoisotopic (exact) mass is 262 g/mol. The summed E-state index contributed by atoms with van der Waals surface area (Å²) in [5.74, 6) is -0.381. The lowest BCUT2D eigenvalue weighted by atomic mass is 10.2. The molecule has 0 amide bonds. The van der Waals surface area contributed by atoms with Gasteiger partial charge in [0.2, 0.25) is 0 Å². The van der Waals surface area contributed by atoms with Crippen LogP contribution < -0.4 is 0 Å². The average Bonchev–Trinajstić information content (AvgIpc) is 2.17. The van der Waals surface area contributed by atoms with Crippen LogP contribution >= 0.6 is 0 Å². The van der Waals surface area contributed by atoms with Gasteiger partial charge in [0.05, 0.1) is 5.75 Å². The van der Waals surface area contributed by atoms with Crippen molar-refractivity contribution < 1.29 is 16.8 Å². The highest BCUT2D eigenvalue weighted by Gasteiger charge is 2.20. The molecule has 0 saturated heterocycles. The average molecular weight is 262 g/mol. The molecule has 4 nitrogen and oxygen atoms in total. The van der Waals surface area contributed by atoms with Gasteiger partial charge in [0, 0.05) is 5.75 Å². The standard InChI is InChI=1S/C10H14O4S2/c1-2-15(11,12)9-16(13,14)8-10-6-4-3-5-7-10/h3-7H,2,8-9H2,1H3. The molecule has 0 aliphatic carbocycles. The maximum Gasteiger partial charge on any atom is 0.168 e. The van der Waals surface area contributed by atoms with E-state index >= 15 is 0 Å². The second-order valence-corrected chi connectivity index (χ2v) is 8.31. The number of rotatable bonds is 5. The van der Waals surface area contributed by atoms with Crippen LogP contribution in [0.5, 0.6) is 0 Å². The normalized spacial score (nSPS) is 12.6. The van der Waals surface area contributed by atoms with Gasteiger partial charge in [0.25, 0.3) is 0 Å². The van der Waals surface area contributed by atoms with Gasteiger partial charge in [0.15, 0.2) is 24.8 Å². The molecule has 0 heterocycles. The molecule has 0 aromatic heterocycles. The highest BCUT2D eigenvalue weighted by atomic mass is 32.3. The lowest BCUT2D eigenvalue weighted by molar-refractivity contribution is 0.589. The van der Waals surface area contributed by atoms with Crippen molar-refractivity contribution in [3.05, 3.63) is 35.9 Å². The van der Waals surface area contributed by atoms with Crippen molar-refractivity contribution >= 4 is 19.7 Å². The van der Waals surface area contributed by atoms with Gasteiger partial charge in [-0.1, -0.05) is 37.3 Å². The molecular formula is C10H14O4S2. The zero-order chi connectivity index (χ0) is 12.2. The fourth-order valence-electron chi connectivity index (χ4n) is 1.23. The van der Waals surface area contributed by atoms with Crippen LogP contribution in [0.1, 0.15) is 12.5 Å². The van der Waals surface area contributed by atoms with Crippen molar-refractivity contribution in [2.75, 3.05) is 10.8 Å². The molecule has 0 aliphatic rings. The van der Waals surface area contributed by atoms with Crippen molar-refractivity contribution in [3.63, 3.8) is 0 Å². The third-order valence-electron chi connectivity index (χ3n) is 2.03. The molecule has 0 spiro atoms. The molecule has 6 heteroatoms. The highest BCUT2D eigenvalue weighted by Crippen LogP contribution is 2.08. The van der Waals surface area contributed by atoms with E-state index in [9.17, 15) is 16.8 Å². The molecule has 0 atom stereocenters. The summed E-state index contributed by atoms with van der Waals surface area (Å²) < 4.78 is 45.6. The molecule has 1 rings (SSSR count). The van der Waals surface area contributed by atoms with Gasteiger partial charge in [0.1, 0.15) is 0 Å². The predicted molar refractivity (Wildman–Crippen MR) is 63.4 cm³/mol. The summed E-state index contributed by atoms with van der Waals surface area (Å²) >= 11 is 0. The molecule has 1 aromatic carbocycles. The van der Waals surface area contributed by atoms with Crippen LogP contribution in [0.3, 0.4) is 0 Å². The van der Waals surface area contributed by atoms with E-state index in [0.29, 0.717) is 5.56 Å². The lowest BCUT2D eigenvalue weighted by Crippen LogP contribution is -2.19. The minimum Gasteiger partial charge on any atom is -0.228 e. The van der Waals surface area contributed by atoms with Crippen molar-refractivity contribution in [3.8, 4) is 0 Å². The second kappa shape index (κ2) is 4.97. The van der Waals surface area contributed by atoms with Crippen molar-refractivity contribution in [1.82, 2.24) is 0 Å². The zero-order valence-electron chi connectivity index (χ0n) is 8.96. The molecule has 90 valence electrons. The third-order valence-corrected chi connectivity index (χ3v) is 6.55. The van der Waals surface area contributed by atoms with Gasteiger partial charge in [-0.2, -0.15) is 0 Å². The molecule has 0 radical (unpaired) electrons. The Morgan fingerprint density at radius 3 is 2.00 bits per heavy atom. The first-order valence-electron chi connectivity index (χ1n) is 4.79. The summed E-state index contributed by atoms with van der Waals surface area (Å²) in [7, 11) is -7.08. The van der Waals surface area contributed by atoms with Gasteiger partial charge >= 0.3 is 0 Å². The Labute approximate surface area is 96.1 Å². The Bertz CT molecular complexity index is 529. The summed E-state index contributed by atoms with van der Waals surface area (Å²) in [6.45, 7) is 1.44. The Balaban J connectivity index is 2.82. The van der Waals surface area contributed by atoms with E-state index in [1.54, 1.807) is 30.3 Å².